The first-order valence-corrected chi connectivity index (χ1v) is 3.07. The highest BCUT2D eigenvalue weighted by atomic mass is 19.3. The standard InChI is InChI=1S/C7H7F2NO/c1-7(8,9)6-4-5(11)2-3-10-6/h2-4H,1H3,(H,10,11). The third kappa shape index (κ3) is 1.86. The predicted octanol–water partition coefficient (Wildman–Crippen LogP) is 1.49. The van der Waals surface area contributed by atoms with Gasteiger partial charge >= 0.3 is 0 Å². The smallest absolute Gasteiger partial charge is 0.284 e. The van der Waals surface area contributed by atoms with Crippen molar-refractivity contribution in [1.29, 1.82) is 0 Å². The summed E-state index contributed by atoms with van der Waals surface area (Å²) in [4.78, 5) is 12.9. The number of rotatable bonds is 1. The Labute approximate surface area is 61.9 Å². The highest BCUT2D eigenvalue weighted by molar-refractivity contribution is 5.08. The maximum atomic E-state index is 12.5. The van der Waals surface area contributed by atoms with Crippen LogP contribution in [0.2, 0.25) is 0 Å². The van der Waals surface area contributed by atoms with E-state index in [4.69, 9.17) is 0 Å². The second kappa shape index (κ2) is 2.45. The van der Waals surface area contributed by atoms with Crippen LogP contribution in [0.15, 0.2) is 23.1 Å². The van der Waals surface area contributed by atoms with Crippen molar-refractivity contribution in [2.75, 3.05) is 0 Å². The van der Waals surface area contributed by atoms with Crippen LogP contribution in [0.3, 0.4) is 0 Å². The normalized spacial score (nSPS) is 11.5. The van der Waals surface area contributed by atoms with Gasteiger partial charge in [-0.1, -0.05) is 0 Å². The second-order valence-electron chi connectivity index (χ2n) is 2.33. The molecule has 1 aromatic heterocycles. The summed E-state index contributed by atoms with van der Waals surface area (Å²) in [6, 6.07) is 2.08. The van der Waals surface area contributed by atoms with Gasteiger partial charge in [-0.15, -0.1) is 0 Å². The van der Waals surface area contributed by atoms with Gasteiger partial charge in [0.2, 0.25) is 0 Å². The molecule has 0 bridgehead atoms. The zero-order chi connectivity index (χ0) is 8.48. The molecule has 4 heteroatoms. The SMILES string of the molecule is CC(F)(F)c1cc(=O)cc[nH]1. The monoisotopic (exact) mass is 159 g/mol. The molecule has 0 saturated heterocycles. The van der Waals surface area contributed by atoms with Crippen LogP contribution < -0.4 is 5.43 Å². The van der Waals surface area contributed by atoms with Crippen LogP contribution >= 0.6 is 0 Å². The quantitative estimate of drug-likeness (QED) is 0.661. The molecule has 0 fully saturated rings. The Bertz CT molecular complexity index is 300. The topological polar surface area (TPSA) is 32.9 Å². The Balaban J connectivity index is 3.16. The number of aromatic amines is 1. The Morgan fingerprint density at radius 3 is 2.55 bits per heavy atom. The van der Waals surface area contributed by atoms with E-state index in [1.54, 1.807) is 0 Å². The van der Waals surface area contributed by atoms with Crippen molar-refractivity contribution in [2.45, 2.75) is 12.8 Å². The number of halogens is 2. The number of pyridine rings is 1. The van der Waals surface area contributed by atoms with E-state index in [0.717, 1.165) is 13.0 Å². The molecule has 1 N–H and O–H groups in total. The van der Waals surface area contributed by atoms with Crippen molar-refractivity contribution in [2.24, 2.45) is 0 Å². The molecular formula is C7H7F2NO. The number of alkyl halides is 2. The van der Waals surface area contributed by atoms with E-state index in [-0.39, 0.29) is 5.69 Å². The Morgan fingerprint density at radius 2 is 2.18 bits per heavy atom. The highest BCUT2D eigenvalue weighted by Gasteiger charge is 2.24. The molecule has 1 rings (SSSR count). The number of nitrogens with one attached hydrogen (secondary N) is 1. The molecule has 1 aromatic rings. The Hall–Kier alpha value is -1.19. The lowest BCUT2D eigenvalue weighted by atomic mass is 10.2. The van der Waals surface area contributed by atoms with Crippen molar-refractivity contribution in [3.05, 3.63) is 34.2 Å². The van der Waals surface area contributed by atoms with Crippen molar-refractivity contribution < 1.29 is 8.78 Å². The Kier molecular flexibility index (Phi) is 1.76. The Morgan fingerprint density at radius 1 is 1.55 bits per heavy atom. The highest BCUT2D eigenvalue weighted by Crippen LogP contribution is 2.22. The minimum absolute atomic E-state index is 0.356. The summed E-state index contributed by atoms with van der Waals surface area (Å²) in [5.74, 6) is -2.97. The largest absolute Gasteiger partial charge is 0.360 e. The van der Waals surface area contributed by atoms with Gasteiger partial charge in [0, 0.05) is 25.3 Å². The molecule has 0 spiro atoms. The molecule has 0 aliphatic heterocycles. The van der Waals surface area contributed by atoms with Gasteiger partial charge in [-0.2, -0.15) is 0 Å². The van der Waals surface area contributed by atoms with Gasteiger partial charge < -0.3 is 4.98 Å². The number of hydrogen-bond acceptors (Lipinski definition) is 1. The zero-order valence-corrected chi connectivity index (χ0v) is 5.90. The van der Waals surface area contributed by atoms with Gasteiger partial charge in [0.25, 0.3) is 5.92 Å². The maximum absolute atomic E-state index is 12.5. The van der Waals surface area contributed by atoms with E-state index in [9.17, 15) is 13.6 Å². The number of H-pyrrole nitrogens is 1. The molecule has 1 heterocycles. The molecule has 2 nitrogen and oxygen atoms in total. The van der Waals surface area contributed by atoms with E-state index in [1.807, 2.05) is 0 Å². The predicted molar refractivity (Wildman–Crippen MR) is 36.6 cm³/mol. The fourth-order valence-electron chi connectivity index (χ4n) is 0.699. The summed E-state index contributed by atoms with van der Waals surface area (Å²) < 4.78 is 24.9. The van der Waals surface area contributed by atoms with Crippen molar-refractivity contribution in [3.8, 4) is 0 Å². The fourth-order valence-corrected chi connectivity index (χ4v) is 0.699. The zero-order valence-electron chi connectivity index (χ0n) is 5.90. The molecule has 0 saturated carbocycles. The molecule has 0 unspecified atom stereocenters. The van der Waals surface area contributed by atoms with Crippen LogP contribution in [0.1, 0.15) is 12.6 Å². The van der Waals surface area contributed by atoms with Crippen molar-refractivity contribution in [3.63, 3.8) is 0 Å². The first-order chi connectivity index (χ1) is 5.00. The van der Waals surface area contributed by atoms with Crippen LogP contribution in [0.5, 0.6) is 0 Å². The van der Waals surface area contributed by atoms with Gasteiger partial charge in [0.05, 0.1) is 5.69 Å². The summed E-state index contributed by atoms with van der Waals surface area (Å²) in [6.07, 6.45) is 1.20. The molecule has 60 valence electrons. The van der Waals surface area contributed by atoms with Crippen molar-refractivity contribution in [1.82, 2.24) is 4.98 Å². The van der Waals surface area contributed by atoms with E-state index in [1.165, 1.54) is 12.3 Å². The van der Waals surface area contributed by atoms with Gasteiger partial charge in [0.1, 0.15) is 0 Å². The summed E-state index contributed by atoms with van der Waals surface area (Å²) in [6.45, 7) is 0.734. The summed E-state index contributed by atoms with van der Waals surface area (Å²) in [5, 5.41) is 0. The van der Waals surface area contributed by atoms with Crippen LogP contribution in [0.25, 0.3) is 0 Å². The molecule has 0 radical (unpaired) electrons. The van der Waals surface area contributed by atoms with E-state index < -0.39 is 11.4 Å². The average Bonchev–Trinajstić information content (AvgIpc) is 1.86. The van der Waals surface area contributed by atoms with E-state index >= 15 is 0 Å². The first kappa shape index (κ1) is 7.91. The third-order valence-corrected chi connectivity index (χ3v) is 1.25. The molecular weight excluding hydrogens is 152 g/mol. The average molecular weight is 159 g/mol. The maximum Gasteiger partial charge on any atom is 0.284 e. The van der Waals surface area contributed by atoms with Gasteiger partial charge in [-0.05, 0) is 0 Å². The minimum Gasteiger partial charge on any atom is -0.360 e. The minimum atomic E-state index is -2.97. The van der Waals surface area contributed by atoms with E-state index in [2.05, 4.69) is 4.98 Å². The molecule has 0 atom stereocenters. The fraction of sp³-hybridized carbons (Fsp3) is 0.286. The first-order valence-electron chi connectivity index (χ1n) is 3.07. The van der Waals surface area contributed by atoms with Crippen LogP contribution in [0.4, 0.5) is 8.78 Å². The van der Waals surface area contributed by atoms with Gasteiger partial charge in [0.15, 0.2) is 5.43 Å². The number of aromatic nitrogens is 1. The van der Waals surface area contributed by atoms with Gasteiger partial charge in [-0.25, -0.2) is 8.78 Å². The number of hydrogen-bond donors (Lipinski definition) is 1. The lowest BCUT2D eigenvalue weighted by molar-refractivity contribution is 0.0127. The summed E-state index contributed by atoms with van der Waals surface area (Å²) >= 11 is 0. The van der Waals surface area contributed by atoms with Crippen LogP contribution in [-0.2, 0) is 5.92 Å². The lowest BCUT2D eigenvalue weighted by Gasteiger charge is -2.08. The van der Waals surface area contributed by atoms with Gasteiger partial charge in [-0.3, -0.25) is 4.79 Å². The summed E-state index contributed by atoms with van der Waals surface area (Å²) in [7, 11) is 0. The molecule has 0 aliphatic rings. The second-order valence-corrected chi connectivity index (χ2v) is 2.33. The molecule has 11 heavy (non-hydrogen) atoms. The van der Waals surface area contributed by atoms with Crippen LogP contribution in [0, 0.1) is 0 Å². The molecule has 0 aromatic carbocycles. The summed E-state index contributed by atoms with van der Waals surface area (Å²) in [5.41, 5.74) is -0.773. The molecule has 0 amide bonds. The van der Waals surface area contributed by atoms with Crippen molar-refractivity contribution >= 4 is 0 Å². The van der Waals surface area contributed by atoms with Crippen LogP contribution in [-0.4, -0.2) is 4.98 Å². The molecule has 0 aliphatic carbocycles. The van der Waals surface area contributed by atoms with E-state index in [0.29, 0.717) is 0 Å². The lowest BCUT2D eigenvalue weighted by Crippen LogP contribution is -2.13. The third-order valence-electron chi connectivity index (χ3n) is 1.25.